The van der Waals surface area contributed by atoms with Crippen LogP contribution >= 0.6 is 0 Å². The minimum Gasteiger partial charge on any atom is -0.506 e. The maximum atomic E-state index is 11.5. The maximum absolute atomic E-state index is 11.5. The van der Waals surface area contributed by atoms with Crippen LogP contribution in [-0.4, -0.2) is 52.8 Å². The Bertz CT molecular complexity index is 846. The van der Waals surface area contributed by atoms with Gasteiger partial charge in [-0.25, -0.2) is 0 Å². The second-order valence-electron chi connectivity index (χ2n) is 8.88. The third-order valence-electron chi connectivity index (χ3n) is 6.38. The number of aromatic amines is 1. The summed E-state index contributed by atoms with van der Waals surface area (Å²) in [6.45, 7) is 5.25. The number of unbranched alkanes of at least 4 members (excludes halogenated alkanes) is 6. The summed E-state index contributed by atoms with van der Waals surface area (Å²) in [6.07, 6.45) is 12.5. The number of fused-ring (bicyclic) bond motifs is 1. The highest BCUT2D eigenvalue weighted by Gasteiger charge is 2.13. The summed E-state index contributed by atoms with van der Waals surface area (Å²) >= 11 is 0. The Morgan fingerprint density at radius 1 is 0.935 bits per heavy atom. The Labute approximate surface area is 185 Å². The van der Waals surface area contributed by atoms with Crippen molar-refractivity contribution in [3.63, 3.8) is 0 Å². The molecule has 3 rings (SSSR count). The van der Waals surface area contributed by atoms with Gasteiger partial charge in [0.2, 0.25) is 5.56 Å². The lowest BCUT2D eigenvalue weighted by Crippen LogP contribution is -2.30. The lowest BCUT2D eigenvalue weighted by atomic mass is 10.0. The molecule has 4 N–H and O–H groups in total. The van der Waals surface area contributed by atoms with E-state index in [4.69, 9.17) is 0 Å². The Morgan fingerprint density at radius 3 is 2.42 bits per heavy atom. The number of H-pyrrole nitrogens is 1. The van der Waals surface area contributed by atoms with Crippen LogP contribution in [0.3, 0.4) is 0 Å². The molecule has 1 aromatic carbocycles. The van der Waals surface area contributed by atoms with Crippen LogP contribution in [0.15, 0.2) is 29.1 Å². The molecule has 1 aliphatic heterocycles. The number of aromatic hydroxyl groups is 1. The Morgan fingerprint density at radius 2 is 1.65 bits per heavy atom. The molecular weight excluding hydrogens is 390 g/mol. The average Bonchev–Trinajstić information content (AvgIpc) is 2.78. The van der Waals surface area contributed by atoms with E-state index in [2.05, 4.69) is 15.2 Å². The number of nitrogens with zero attached hydrogens (tertiary/aromatic N) is 1. The predicted octanol–water partition coefficient (Wildman–Crippen LogP) is 4.07. The molecule has 0 aliphatic carbocycles. The van der Waals surface area contributed by atoms with E-state index in [1.54, 1.807) is 12.1 Å². The molecule has 0 spiro atoms. The summed E-state index contributed by atoms with van der Waals surface area (Å²) in [7, 11) is 0. The fourth-order valence-electron chi connectivity index (χ4n) is 4.55. The van der Waals surface area contributed by atoms with Crippen molar-refractivity contribution in [3.8, 4) is 5.75 Å². The molecule has 0 amide bonds. The van der Waals surface area contributed by atoms with E-state index in [1.807, 2.05) is 0 Å². The van der Waals surface area contributed by atoms with Gasteiger partial charge >= 0.3 is 0 Å². The number of benzene rings is 1. The molecule has 1 unspecified atom stereocenters. The van der Waals surface area contributed by atoms with Crippen molar-refractivity contribution in [3.05, 3.63) is 40.2 Å². The van der Waals surface area contributed by atoms with Gasteiger partial charge in [-0.15, -0.1) is 0 Å². The molecule has 0 bridgehead atoms. The largest absolute Gasteiger partial charge is 0.506 e. The molecule has 0 radical (unpaired) electrons. The van der Waals surface area contributed by atoms with Crippen LogP contribution < -0.4 is 10.9 Å². The predicted molar refractivity (Wildman–Crippen MR) is 127 cm³/mol. The molecule has 1 atom stereocenters. The zero-order valence-electron chi connectivity index (χ0n) is 18.7. The number of likely N-dealkylation sites (tertiary alicyclic amines) is 1. The van der Waals surface area contributed by atoms with Crippen LogP contribution in [0.4, 0.5) is 0 Å². The van der Waals surface area contributed by atoms with Gasteiger partial charge in [-0.05, 0) is 69.6 Å². The molecule has 172 valence electrons. The number of aliphatic hydroxyl groups is 1. The van der Waals surface area contributed by atoms with E-state index in [1.165, 1.54) is 89.6 Å². The third kappa shape index (κ3) is 7.63. The number of nitrogens with one attached hydrogen (secondary N) is 2. The summed E-state index contributed by atoms with van der Waals surface area (Å²) in [5.41, 5.74) is 0.815. The summed E-state index contributed by atoms with van der Waals surface area (Å²) in [5.74, 6) is 0.0168. The van der Waals surface area contributed by atoms with Crippen molar-refractivity contribution in [2.75, 3.05) is 32.7 Å². The smallest absolute Gasteiger partial charge is 0.248 e. The van der Waals surface area contributed by atoms with Gasteiger partial charge in [-0.1, -0.05) is 44.6 Å². The minimum atomic E-state index is -0.686. The molecule has 2 heterocycles. The molecule has 0 saturated carbocycles. The number of rotatable bonds is 13. The Balaban J connectivity index is 1.24. The lowest BCUT2D eigenvalue weighted by Gasteiger charge is -2.26. The van der Waals surface area contributed by atoms with Gasteiger partial charge in [0.15, 0.2) is 0 Å². The molecule has 1 fully saturated rings. The minimum absolute atomic E-state index is 0.0168. The number of phenols is 1. The number of hydrogen-bond acceptors (Lipinski definition) is 5. The normalized spacial score (nSPS) is 16.0. The van der Waals surface area contributed by atoms with E-state index in [0.717, 1.165) is 13.0 Å². The average molecular weight is 430 g/mol. The first-order valence-corrected chi connectivity index (χ1v) is 12.1. The summed E-state index contributed by atoms with van der Waals surface area (Å²) in [6, 6.07) is 6.30. The molecule has 1 aliphatic rings. The van der Waals surface area contributed by atoms with Crippen molar-refractivity contribution in [1.29, 1.82) is 0 Å². The van der Waals surface area contributed by atoms with Gasteiger partial charge in [0.05, 0.1) is 11.6 Å². The lowest BCUT2D eigenvalue weighted by molar-refractivity contribution is 0.176. The molecule has 6 nitrogen and oxygen atoms in total. The first-order valence-electron chi connectivity index (χ1n) is 12.1. The fraction of sp³-hybridized carbons (Fsp3) is 0.640. The van der Waals surface area contributed by atoms with E-state index in [-0.39, 0.29) is 11.3 Å². The van der Waals surface area contributed by atoms with Crippen molar-refractivity contribution in [2.24, 2.45) is 0 Å². The van der Waals surface area contributed by atoms with Crippen LogP contribution in [0.1, 0.15) is 75.9 Å². The maximum Gasteiger partial charge on any atom is 0.248 e. The zero-order valence-corrected chi connectivity index (χ0v) is 18.7. The third-order valence-corrected chi connectivity index (χ3v) is 6.38. The summed E-state index contributed by atoms with van der Waals surface area (Å²) in [5, 5.41) is 24.5. The van der Waals surface area contributed by atoms with Crippen LogP contribution in [0.25, 0.3) is 10.9 Å². The monoisotopic (exact) mass is 429 g/mol. The van der Waals surface area contributed by atoms with Crippen molar-refractivity contribution in [2.45, 2.75) is 70.3 Å². The van der Waals surface area contributed by atoms with Gasteiger partial charge in [0, 0.05) is 18.0 Å². The van der Waals surface area contributed by atoms with Crippen molar-refractivity contribution >= 4 is 10.9 Å². The summed E-state index contributed by atoms with van der Waals surface area (Å²) < 4.78 is 0. The van der Waals surface area contributed by atoms with Crippen LogP contribution in [0, 0.1) is 0 Å². The molecule has 6 heteroatoms. The van der Waals surface area contributed by atoms with Gasteiger partial charge in [-0.2, -0.15) is 0 Å². The topological polar surface area (TPSA) is 88.6 Å². The first-order chi connectivity index (χ1) is 15.1. The van der Waals surface area contributed by atoms with Crippen molar-refractivity contribution in [1.82, 2.24) is 15.2 Å². The highest BCUT2D eigenvalue weighted by Crippen LogP contribution is 2.28. The molecule has 1 aromatic heterocycles. The van der Waals surface area contributed by atoms with Crippen LogP contribution in [0.5, 0.6) is 5.75 Å². The standard InChI is InChI=1S/C25H39N3O3/c29-22-13-11-20(21-12-14-24(31)27-25(21)22)23(30)19-26-15-7-4-2-1-3-5-8-16-28-17-9-6-10-18-28/h11-14,23,26,29-30H,1-10,15-19H2,(H,27,31). The van der Waals surface area contributed by atoms with Crippen LogP contribution in [-0.2, 0) is 0 Å². The molecule has 2 aromatic rings. The number of phenolic OH excluding ortho intramolecular Hbond substituents is 1. The van der Waals surface area contributed by atoms with Gasteiger partial charge in [0.25, 0.3) is 0 Å². The van der Waals surface area contributed by atoms with Crippen LogP contribution in [0.2, 0.25) is 0 Å². The van der Waals surface area contributed by atoms with E-state index in [0.29, 0.717) is 23.0 Å². The zero-order chi connectivity index (χ0) is 21.9. The van der Waals surface area contributed by atoms with Gasteiger partial charge in [-0.3, -0.25) is 4.79 Å². The van der Waals surface area contributed by atoms with E-state index in [9.17, 15) is 15.0 Å². The fourth-order valence-corrected chi connectivity index (χ4v) is 4.55. The Hall–Kier alpha value is -1.89. The first kappa shape index (κ1) is 23.8. The van der Waals surface area contributed by atoms with Gasteiger partial charge < -0.3 is 25.4 Å². The number of hydrogen-bond donors (Lipinski definition) is 4. The van der Waals surface area contributed by atoms with Crippen molar-refractivity contribution < 1.29 is 10.2 Å². The quantitative estimate of drug-likeness (QED) is 0.361. The molecule has 1 saturated heterocycles. The second-order valence-corrected chi connectivity index (χ2v) is 8.88. The number of aromatic nitrogens is 1. The number of aliphatic hydroxyl groups excluding tert-OH is 1. The number of piperidine rings is 1. The second kappa shape index (κ2) is 12.8. The van der Waals surface area contributed by atoms with E-state index < -0.39 is 6.10 Å². The molecular formula is C25H39N3O3. The SMILES string of the molecule is O=c1ccc2c(C(O)CNCCCCCCCCCN3CCCCC3)ccc(O)c2[nH]1. The highest BCUT2D eigenvalue weighted by atomic mass is 16.3. The number of pyridine rings is 1. The summed E-state index contributed by atoms with van der Waals surface area (Å²) in [4.78, 5) is 16.8. The Kier molecular flexibility index (Phi) is 9.85. The van der Waals surface area contributed by atoms with Gasteiger partial charge in [0.1, 0.15) is 5.75 Å². The van der Waals surface area contributed by atoms with E-state index >= 15 is 0 Å². The highest BCUT2D eigenvalue weighted by molar-refractivity contribution is 5.87. The molecule has 31 heavy (non-hydrogen) atoms.